The van der Waals surface area contributed by atoms with Crippen molar-refractivity contribution >= 4 is 27.8 Å². The van der Waals surface area contributed by atoms with Crippen LogP contribution in [0.3, 0.4) is 0 Å². The van der Waals surface area contributed by atoms with Crippen LogP contribution in [-0.4, -0.2) is 23.0 Å². The predicted molar refractivity (Wildman–Crippen MR) is 92.0 cm³/mol. The molecule has 1 aromatic carbocycles. The summed E-state index contributed by atoms with van der Waals surface area (Å²) >= 11 is 3.41. The van der Waals surface area contributed by atoms with Gasteiger partial charge in [0.15, 0.2) is 0 Å². The number of rotatable bonds is 8. The summed E-state index contributed by atoms with van der Waals surface area (Å²) < 4.78 is 6.06. The normalized spacial score (nSPS) is 10.2. The standard InChI is InChI=1S/C16H19BrN4O2/c1-23-15-10-11-18-16(19-15)21-20-14(22)5-3-2-4-12-6-8-13(17)9-7-12/h6-11H,2-5H2,1H3,(H,20,22)(H,18,19,21). The number of hydrazine groups is 1. The smallest absolute Gasteiger partial charge is 0.245 e. The molecule has 0 spiro atoms. The van der Waals surface area contributed by atoms with Crippen LogP contribution in [0.15, 0.2) is 41.0 Å². The summed E-state index contributed by atoms with van der Waals surface area (Å²) in [5.41, 5.74) is 6.53. The fourth-order valence-corrected chi connectivity index (χ4v) is 2.23. The Hall–Kier alpha value is -2.15. The second kappa shape index (κ2) is 9.09. The molecule has 0 aliphatic carbocycles. The van der Waals surface area contributed by atoms with Crippen LogP contribution in [-0.2, 0) is 11.2 Å². The molecule has 0 radical (unpaired) electrons. The highest BCUT2D eigenvalue weighted by molar-refractivity contribution is 9.10. The number of hydrogen-bond donors (Lipinski definition) is 2. The van der Waals surface area contributed by atoms with Crippen LogP contribution in [0.4, 0.5) is 5.95 Å². The number of aromatic nitrogens is 2. The van der Waals surface area contributed by atoms with E-state index in [2.05, 4.69) is 48.9 Å². The van der Waals surface area contributed by atoms with Gasteiger partial charge in [-0.05, 0) is 37.0 Å². The van der Waals surface area contributed by atoms with E-state index in [0.29, 0.717) is 18.2 Å². The lowest BCUT2D eigenvalue weighted by Gasteiger charge is -2.07. The van der Waals surface area contributed by atoms with Gasteiger partial charge in [-0.3, -0.25) is 15.6 Å². The molecule has 122 valence electrons. The van der Waals surface area contributed by atoms with Crippen molar-refractivity contribution in [3.8, 4) is 5.88 Å². The average Bonchev–Trinajstić information content (AvgIpc) is 2.58. The van der Waals surface area contributed by atoms with Gasteiger partial charge in [0.1, 0.15) is 0 Å². The Morgan fingerprint density at radius 1 is 1.22 bits per heavy atom. The van der Waals surface area contributed by atoms with Gasteiger partial charge in [0, 0.05) is 23.2 Å². The molecule has 0 aliphatic rings. The summed E-state index contributed by atoms with van der Waals surface area (Å²) in [4.78, 5) is 19.8. The third-order valence-corrected chi connectivity index (χ3v) is 3.71. The number of unbranched alkanes of at least 4 members (excludes halogenated alkanes) is 1. The SMILES string of the molecule is COc1ccnc(NNC(=O)CCCCc2ccc(Br)cc2)n1. The number of carbonyl (C=O) groups is 1. The predicted octanol–water partition coefficient (Wildman–Crippen LogP) is 3.10. The minimum absolute atomic E-state index is 0.0905. The van der Waals surface area contributed by atoms with Crippen molar-refractivity contribution in [3.63, 3.8) is 0 Å². The number of benzene rings is 1. The van der Waals surface area contributed by atoms with Crippen molar-refractivity contribution in [1.82, 2.24) is 15.4 Å². The van der Waals surface area contributed by atoms with Gasteiger partial charge in [-0.15, -0.1) is 0 Å². The third kappa shape index (κ3) is 6.23. The average molecular weight is 379 g/mol. The maximum absolute atomic E-state index is 11.8. The Balaban J connectivity index is 1.64. The van der Waals surface area contributed by atoms with Gasteiger partial charge in [-0.25, -0.2) is 4.98 Å². The fourth-order valence-electron chi connectivity index (χ4n) is 1.97. The Morgan fingerprint density at radius 2 is 2.00 bits per heavy atom. The van der Waals surface area contributed by atoms with Crippen LogP contribution in [0.5, 0.6) is 5.88 Å². The number of ether oxygens (including phenoxy) is 1. The second-order valence-electron chi connectivity index (χ2n) is 4.93. The first-order chi connectivity index (χ1) is 11.2. The van der Waals surface area contributed by atoms with Crippen LogP contribution >= 0.6 is 15.9 Å². The Labute approximate surface area is 143 Å². The maximum atomic E-state index is 11.8. The van der Waals surface area contributed by atoms with Gasteiger partial charge in [-0.2, -0.15) is 4.98 Å². The lowest BCUT2D eigenvalue weighted by Crippen LogP contribution is -2.30. The first kappa shape index (κ1) is 17.2. The van der Waals surface area contributed by atoms with Crippen LogP contribution in [0.2, 0.25) is 0 Å². The van der Waals surface area contributed by atoms with Gasteiger partial charge >= 0.3 is 0 Å². The van der Waals surface area contributed by atoms with E-state index in [9.17, 15) is 4.79 Å². The summed E-state index contributed by atoms with van der Waals surface area (Å²) in [5, 5.41) is 0. The molecule has 0 atom stereocenters. The first-order valence-electron chi connectivity index (χ1n) is 7.33. The number of hydrogen-bond acceptors (Lipinski definition) is 5. The number of amides is 1. The number of nitrogens with one attached hydrogen (secondary N) is 2. The van der Waals surface area contributed by atoms with Crippen LogP contribution in [0, 0.1) is 0 Å². The Kier molecular flexibility index (Phi) is 6.80. The summed E-state index contributed by atoms with van der Waals surface area (Å²) in [6.07, 6.45) is 4.76. The summed E-state index contributed by atoms with van der Waals surface area (Å²) in [7, 11) is 1.52. The van der Waals surface area contributed by atoms with Gasteiger partial charge in [0.25, 0.3) is 0 Å². The van der Waals surface area contributed by atoms with Crippen molar-refractivity contribution in [2.24, 2.45) is 0 Å². The highest BCUT2D eigenvalue weighted by atomic mass is 79.9. The molecule has 2 rings (SSSR count). The zero-order chi connectivity index (χ0) is 16.5. The molecule has 23 heavy (non-hydrogen) atoms. The molecule has 2 aromatic rings. The van der Waals surface area contributed by atoms with E-state index in [1.165, 1.54) is 12.7 Å². The molecule has 1 aromatic heterocycles. The number of halogens is 1. The van der Waals surface area contributed by atoms with Crippen molar-refractivity contribution in [2.75, 3.05) is 12.5 Å². The molecule has 0 fully saturated rings. The molecule has 0 unspecified atom stereocenters. The number of nitrogens with zero attached hydrogens (tertiary/aromatic N) is 2. The summed E-state index contributed by atoms with van der Waals surface area (Å²) in [5.74, 6) is 0.644. The van der Waals surface area contributed by atoms with E-state index in [1.54, 1.807) is 12.3 Å². The second-order valence-corrected chi connectivity index (χ2v) is 5.85. The number of carbonyl (C=O) groups excluding carboxylic acids is 1. The molecule has 0 saturated heterocycles. The van der Waals surface area contributed by atoms with E-state index >= 15 is 0 Å². The van der Waals surface area contributed by atoms with Crippen molar-refractivity contribution < 1.29 is 9.53 Å². The van der Waals surface area contributed by atoms with Crippen LogP contribution in [0.1, 0.15) is 24.8 Å². The first-order valence-corrected chi connectivity index (χ1v) is 8.13. The van der Waals surface area contributed by atoms with Gasteiger partial charge < -0.3 is 4.74 Å². The quantitative estimate of drug-likeness (QED) is 0.545. The zero-order valence-corrected chi connectivity index (χ0v) is 14.5. The molecule has 6 nitrogen and oxygen atoms in total. The van der Waals surface area contributed by atoms with Crippen LogP contribution in [0.25, 0.3) is 0 Å². The highest BCUT2D eigenvalue weighted by Crippen LogP contribution is 2.13. The monoisotopic (exact) mass is 378 g/mol. The molecule has 0 saturated carbocycles. The number of aryl methyl sites for hydroxylation is 1. The number of anilines is 1. The minimum atomic E-state index is -0.0905. The van der Waals surface area contributed by atoms with Gasteiger partial charge in [0.05, 0.1) is 7.11 Å². The van der Waals surface area contributed by atoms with E-state index in [4.69, 9.17) is 4.74 Å². The van der Waals surface area contributed by atoms with Crippen molar-refractivity contribution in [2.45, 2.75) is 25.7 Å². The molecule has 0 aliphatic heterocycles. The van der Waals surface area contributed by atoms with Crippen molar-refractivity contribution in [3.05, 3.63) is 46.6 Å². The molecule has 1 amide bonds. The molecular formula is C16H19BrN4O2. The summed E-state index contributed by atoms with van der Waals surface area (Å²) in [6, 6.07) is 9.87. The largest absolute Gasteiger partial charge is 0.481 e. The Bertz CT molecular complexity index is 634. The highest BCUT2D eigenvalue weighted by Gasteiger charge is 2.03. The minimum Gasteiger partial charge on any atom is -0.481 e. The lowest BCUT2D eigenvalue weighted by atomic mass is 10.1. The Morgan fingerprint density at radius 3 is 2.74 bits per heavy atom. The van der Waals surface area contributed by atoms with Gasteiger partial charge in [0.2, 0.25) is 17.7 Å². The van der Waals surface area contributed by atoms with E-state index in [0.717, 1.165) is 23.7 Å². The van der Waals surface area contributed by atoms with Crippen LogP contribution < -0.4 is 15.6 Å². The van der Waals surface area contributed by atoms with E-state index < -0.39 is 0 Å². The third-order valence-electron chi connectivity index (χ3n) is 3.19. The van der Waals surface area contributed by atoms with Gasteiger partial charge in [-0.1, -0.05) is 28.1 Å². The topological polar surface area (TPSA) is 76.1 Å². The molecule has 7 heteroatoms. The molecule has 1 heterocycles. The molecule has 0 bridgehead atoms. The molecular weight excluding hydrogens is 360 g/mol. The van der Waals surface area contributed by atoms with Crippen molar-refractivity contribution in [1.29, 1.82) is 0 Å². The number of methoxy groups -OCH3 is 1. The fraction of sp³-hybridized carbons (Fsp3) is 0.312. The maximum Gasteiger partial charge on any atom is 0.245 e. The lowest BCUT2D eigenvalue weighted by molar-refractivity contribution is -0.120. The molecule has 2 N–H and O–H groups in total. The van der Waals surface area contributed by atoms with E-state index in [1.807, 2.05) is 12.1 Å². The zero-order valence-electron chi connectivity index (χ0n) is 12.9. The summed E-state index contributed by atoms with van der Waals surface area (Å²) in [6.45, 7) is 0. The van der Waals surface area contributed by atoms with E-state index in [-0.39, 0.29) is 5.91 Å².